The number of benzene rings is 1. The molecule has 1 aromatic rings. The molecular weight excluding hydrogens is 321 g/mol. The number of amides is 2. The molecule has 0 heterocycles. The van der Waals surface area contributed by atoms with Crippen LogP contribution in [0.4, 0.5) is 18.9 Å². The summed E-state index contributed by atoms with van der Waals surface area (Å²) < 4.78 is 38.0. The van der Waals surface area contributed by atoms with Gasteiger partial charge < -0.3 is 10.2 Å². The van der Waals surface area contributed by atoms with Crippen molar-refractivity contribution in [2.24, 2.45) is 0 Å². The number of halogens is 4. The molecule has 8 heteroatoms. The van der Waals surface area contributed by atoms with Crippen molar-refractivity contribution >= 4 is 29.1 Å². The minimum atomic E-state index is -4.52. The highest BCUT2D eigenvalue weighted by atomic mass is 35.5. The first-order chi connectivity index (χ1) is 10.2. The number of carbonyl (C=O) groups is 2. The van der Waals surface area contributed by atoms with Gasteiger partial charge in [-0.3, -0.25) is 9.59 Å². The van der Waals surface area contributed by atoms with E-state index in [4.69, 9.17) is 11.6 Å². The van der Waals surface area contributed by atoms with Gasteiger partial charge in [-0.05, 0) is 31.0 Å². The second-order valence-corrected chi connectivity index (χ2v) is 5.53. The summed E-state index contributed by atoms with van der Waals surface area (Å²) in [6, 6.07) is 2.73. The third-order valence-corrected chi connectivity index (χ3v) is 3.60. The molecule has 4 nitrogen and oxygen atoms in total. The van der Waals surface area contributed by atoms with Crippen LogP contribution in [0, 0.1) is 0 Å². The molecule has 22 heavy (non-hydrogen) atoms. The third kappa shape index (κ3) is 4.13. The molecule has 0 aliphatic heterocycles. The molecule has 0 spiro atoms. The summed E-state index contributed by atoms with van der Waals surface area (Å²) in [6.07, 6.45) is -2.86. The van der Waals surface area contributed by atoms with Crippen LogP contribution < -0.4 is 5.32 Å². The molecule has 0 atom stereocenters. The van der Waals surface area contributed by atoms with Crippen LogP contribution in [0.15, 0.2) is 18.2 Å². The molecular formula is C14H14ClF3N2O2. The highest BCUT2D eigenvalue weighted by Gasteiger charge is 2.33. The molecule has 0 aromatic heterocycles. The van der Waals surface area contributed by atoms with E-state index in [0.717, 1.165) is 31.0 Å². The highest BCUT2D eigenvalue weighted by molar-refractivity contribution is 6.33. The summed E-state index contributed by atoms with van der Waals surface area (Å²) in [6.45, 7) is 1.15. The summed E-state index contributed by atoms with van der Waals surface area (Å²) in [5.74, 6) is -0.823. The second kappa shape index (κ2) is 6.16. The van der Waals surface area contributed by atoms with Crippen molar-refractivity contribution in [1.29, 1.82) is 0 Å². The lowest BCUT2D eigenvalue weighted by Crippen LogP contribution is -2.38. The first-order valence-corrected chi connectivity index (χ1v) is 7.00. The highest BCUT2D eigenvalue weighted by Crippen LogP contribution is 2.34. The SMILES string of the molecule is CC(=O)N(CC(=O)Nc1cc(C(F)(F)F)ccc1Cl)C1CC1. The molecule has 0 radical (unpaired) electrons. The van der Waals surface area contributed by atoms with E-state index in [0.29, 0.717) is 0 Å². The van der Waals surface area contributed by atoms with E-state index in [1.165, 1.54) is 11.8 Å². The second-order valence-electron chi connectivity index (χ2n) is 5.12. The van der Waals surface area contributed by atoms with Crippen molar-refractivity contribution in [3.8, 4) is 0 Å². The average molecular weight is 335 g/mol. The topological polar surface area (TPSA) is 49.4 Å². The number of anilines is 1. The molecule has 1 aliphatic rings. The van der Waals surface area contributed by atoms with Gasteiger partial charge in [0.25, 0.3) is 0 Å². The van der Waals surface area contributed by atoms with Crippen LogP contribution in [0.1, 0.15) is 25.3 Å². The van der Waals surface area contributed by atoms with Gasteiger partial charge in [-0.15, -0.1) is 0 Å². The standard InChI is InChI=1S/C14H14ClF3N2O2/c1-8(21)20(10-3-4-10)7-13(22)19-12-6-9(14(16,17)18)2-5-11(12)15/h2,5-6,10H,3-4,7H2,1H3,(H,19,22). The maximum absolute atomic E-state index is 12.7. The quantitative estimate of drug-likeness (QED) is 0.918. The molecule has 0 unspecified atom stereocenters. The van der Waals surface area contributed by atoms with Gasteiger partial charge in [0.15, 0.2) is 0 Å². The Bertz CT molecular complexity index is 600. The maximum Gasteiger partial charge on any atom is 0.416 e. The molecule has 2 rings (SSSR count). The largest absolute Gasteiger partial charge is 0.416 e. The molecule has 1 saturated carbocycles. The third-order valence-electron chi connectivity index (χ3n) is 3.27. The zero-order valence-corrected chi connectivity index (χ0v) is 12.5. The van der Waals surface area contributed by atoms with Crippen molar-refractivity contribution in [2.45, 2.75) is 32.0 Å². The Labute approximate surface area is 130 Å². The molecule has 0 saturated heterocycles. The lowest BCUT2D eigenvalue weighted by molar-refractivity contribution is -0.137. The van der Waals surface area contributed by atoms with Crippen molar-refractivity contribution in [2.75, 3.05) is 11.9 Å². The average Bonchev–Trinajstić information content (AvgIpc) is 3.21. The van der Waals surface area contributed by atoms with Crippen LogP contribution in [0.25, 0.3) is 0 Å². The first-order valence-electron chi connectivity index (χ1n) is 6.62. The van der Waals surface area contributed by atoms with E-state index in [1.54, 1.807) is 0 Å². The maximum atomic E-state index is 12.7. The van der Waals surface area contributed by atoms with Gasteiger partial charge in [0.2, 0.25) is 11.8 Å². The monoisotopic (exact) mass is 334 g/mol. The predicted octanol–water partition coefficient (Wildman–Crippen LogP) is 3.31. The summed E-state index contributed by atoms with van der Waals surface area (Å²) in [7, 11) is 0. The Morgan fingerprint density at radius 3 is 2.50 bits per heavy atom. The van der Waals surface area contributed by atoms with E-state index < -0.39 is 17.6 Å². The van der Waals surface area contributed by atoms with Gasteiger partial charge in [0.1, 0.15) is 6.54 Å². The normalized spacial score (nSPS) is 14.6. The summed E-state index contributed by atoms with van der Waals surface area (Å²) in [5.41, 5.74) is -1.03. The Balaban J connectivity index is 2.09. The van der Waals surface area contributed by atoms with Crippen LogP contribution >= 0.6 is 11.6 Å². The van der Waals surface area contributed by atoms with E-state index >= 15 is 0 Å². The molecule has 120 valence electrons. The van der Waals surface area contributed by atoms with Crippen LogP contribution in [0.5, 0.6) is 0 Å². The van der Waals surface area contributed by atoms with Crippen molar-refractivity contribution in [3.63, 3.8) is 0 Å². The molecule has 2 amide bonds. The van der Waals surface area contributed by atoms with Gasteiger partial charge in [-0.2, -0.15) is 13.2 Å². The van der Waals surface area contributed by atoms with E-state index in [-0.39, 0.29) is 29.2 Å². The Morgan fingerprint density at radius 2 is 2.00 bits per heavy atom. The minimum Gasteiger partial charge on any atom is -0.331 e. The molecule has 1 fully saturated rings. The molecule has 1 aliphatic carbocycles. The van der Waals surface area contributed by atoms with Gasteiger partial charge >= 0.3 is 6.18 Å². The number of rotatable bonds is 4. The zero-order chi connectivity index (χ0) is 16.5. The Morgan fingerprint density at radius 1 is 1.36 bits per heavy atom. The molecule has 0 bridgehead atoms. The van der Waals surface area contributed by atoms with Gasteiger partial charge in [0, 0.05) is 13.0 Å². The Kier molecular flexibility index (Phi) is 4.65. The van der Waals surface area contributed by atoms with E-state index in [9.17, 15) is 22.8 Å². The summed E-state index contributed by atoms with van der Waals surface area (Å²) in [5, 5.41) is 2.33. The van der Waals surface area contributed by atoms with Crippen molar-refractivity contribution in [3.05, 3.63) is 28.8 Å². The van der Waals surface area contributed by atoms with Crippen molar-refractivity contribution in [1.82, 2.24) is 4.90 Å². The summed E-state index contributed by atoms with van der Waals surface area (Å²) >= 11 is 5.80. The number of nitrogens with one attached hydrogen (secondary N) is 1. The first kappa shape index (κ1) is 16.6. The Hall–Kier alpha value is -1.76. The van der Waals surface area contributed by atoms with Crippen LogP contribution in [-0.2, 0) is 15.8 Å². The minimum absolute atomic E-state index is 0.00199. The van der Waals surface area contributed by atoms with E-state index in [2.05, 4.69) is 5.32 Å². The van der Waals surface area contributed by atoms with Gasteiger partial charge in [-0.1, -0.05) is 11.6 Å². The lowest BCUT2D eigenvalue weighted by Gasteiger charge is -2.20. The number of alkyl halides is 3. The van der Waals surface area contributed by atoms with Gasteiger partial charge in [0.05, 0.1) is 16.3 Å². The lowest BCUT2D eigenvalue weighted by atomic mass is 10.2. The van der Waals surface area contributed by atoms with Crippen LogP contribution in [0.2, 0.25) is 5.02 Å². The van der Waals surface area contributed by atoms with Gasteiger partial charge in [-0.25, -0.2) is 0 Å². The number of hydrogen-bond donors (Lipinski definition) is 1. The van der Waals surface area contributed by atoms with Crippen LogP contribution in [0.3, 0.4) is 0 Å². The summed E-state index contributed by atoms with van der Waals surface area (Å²) in [4.78, 5) is 24.8. The number of hydrogen-bond acceptors (Lipinski definition) is 2. The predicted molar refractivity (Wildman–Crippen MR) is 75.5 cm³/mol. The fourth-order valence-corrected chi connectivity index (χ4v) is 2.19. The molecule has 1 N–H and O–H groups in total. The zero-order valence-electron chi connectivity index (χ0n) is 11.7. The fraction of sp³-hybridized carbons (Fsp3) is 0.429. The number of nitrogens with zero attached hydrogens (tertiary/aromatic N) is 1. The number of carbonyl (C=O) groups excluding carboxylic acids is 2. The van der Waals surface area contributed by atoms with Crippen molar-refractivity contribution < 1.29 is 22.8 Å². The smallest absolute Gasteiger partial charge is 0.331 e. The van der Waals surface area contributed by atoms with E-state index in [1.807, 2.05) is 0 Å². The fourth-order valence-electron chi connectivity index (χ4n) is 2.03. The molecule has 1 aromatic carbocycles. The van der Waals surface area contributed by atoms with Crippen LogP contribution in [-0.4, -0.2) is 29.3 Å².